The van der Waals surface area contributed by atoms with E-state index in [2.05, 4.69) is 10.2 Å². The van der Waals surface area contributed by atoms with Gasteiger partial charge in [0.2, 0.25) is 0 Å². The van der Waals surface area contributed by atoms with Gasteiger partial charge in [-0.05, 0) is 31.0 Å². The average Bonchev–Trinajstić information content (AvgIpc) is 2.76. The highest BCUT2D eigenvalue weighted by molar-refractivity contribution is 7.99. The van der Waals surface area contributed by atoms with Gasteiger partial charge in [0, 0.05) is 11.6 Å². The minimum Gasteiger partial charge on any atom is -0.481 e. The van der Waals surface area contributed by atoms with Crippen LogP contribution in [0, 0.1) is 6.92 Å². The topological polar surface area (TPSA) is 68.0 Å². The molecule has 0 fully saturated rings. The second kappa shape index (κ2) is 6.76. The summed E-state index contributed by atoms with van der Waals surface area (Å²) in [4.78, 5) is 10.6. The summed E-state index contributed by atoms with van der Waals surface area (Å²) in [6, 6.07) is 7.67. The summed E-state index contributed by atoms with van der Waals surface area (Å²) in [5.74, 6) is -0.0919. The molecule has 1 heterocycles. The molecular formula is C13H14ClN3O2S. The molecule has 1 aromatic heterocycles. The van der Waals surface area contributed by atoms with E-state index >= 15 is 0 Å². The molecule has 0 unspecified atom stereocenters. The average molecular weight is 312 g/mol. The summed E-state index contributed by atoms with van der Waals surface area (Å²) in [7, 11) is 0. The van der Waals surface area contributed by atoms with Crippen LogP contribution in [0.5, 0.6) is 0 Å². The molecule has 5 nitrogen and oxygen atoms in total. The number of rotatable bonds is 6. The molecule has 2 aromatic rings. The number of hydrogen-bond acceptors (Lipinski definition) is 4. The minimum atomic E-state index is -0.861. The van der Waals surface area contributed by atoms with E-state index in [0.29, 0.717) is 16.7 Å². The molecule has 2 rings (SSSR count). The van der Waals surface area contributed by atoms with Crippen LogP contribution in [0.4, 0.5) is 0 Å². The first-order chi connectivity index (χ1) is 9.56. The Labute approximate surface area is 126 Å². The molecule has 0 saturated carbocycles. The number of aliphatic carboxylic acids is 1. The van der Waals surface area contributed by atoms with Crippen molar-refractivity contribution in [2.75, 3.05) is 5.75 Å². The highest BCUT2D eigenvalue weighted by Gasteiger charge is 2.11. The minimum absolute atomic E-state index is 0.0148. The van der Waals surface area contributed by atoms with Crippen molar-refractivity contribution in [2.24, 2.45) is 0 Å². The monoisotopic (exact) mass is 311 g/mol. The van der Waals surface area contributed by atoms with E-state index in [1.54, 1.807) is 0 Å². The number of halogens is 1. The Morgan fingerprint density at radius 2 is 2.05 bits per heavy atom. The Balaban J connectivity index is 2.03. The molecular weight excluding hydrogens is 298 g/mol. The van der Waals surface area contributed by atoms with E-state index in [1.165, 1.54) is 11.8 Å². The number of carboxylic acid groups (broad SMARTS) is 1. The number of hydrogen-bond donors (Lipinski definition) is 1. The number of nitrogens with zero attached hydrogens (tertiary/aromatic N) is 3. The molecule has 0 atom stereocenters. The first-order valence-electron chi connectivity index (χ1n) is 6.05. The first-order valence-corrected chi connectivity index (χ1v) is 7.41. The van der Waals surface area contributed by atoms with E-state index in [9.17, 15) is 4.79 Å². The molecule has 0 aliphatic rings. The van der Waals surface area contributed by atoms with Gasteiger partial charge in [-0.3, -0.25) is 4.79 Å². The summed E-state index contributed by atoms with van der Waals surface area (Å²) in [6.07, 6.45) is 0.816. The van der Waals surface area contributed by atoms with Crippen molar-refractivity contribution >= 4 is 29.3 Å². The van der Waals surface area contributed by atoms with Gasteiger partial charge in [-0.2, -0.15) is 0 Å². The summed E-state index contributed by atoms with van der Waals surface area (Å²) in [6.45, 7) is 2.57. The lowest BCUT2D eigenvalue weighted by atomic mass is 10.1. The second-order valence-electron chi connectivity index (χ2n) is 4.24. The lowest BCUT2D eigenvalue weighted by molar-refractivity contribution is -0.133. The zero-order valence-electron chi connectivity index (χ0n) is 10.9. The van der Waals surface area contributed by atoms with Crippen LogP contribution in [0.3, 0.4) is 0 Å². The number of carboxylic acids is 1. The van der Waals surface area contributed by atoms with Gasteiger partial charge in [-0.1, -0.05) is 35.5 Å². The second-order valence-corrected chi connectivity index (χ2v) is 5.62. The quantitative estimate of drug-likeness (QED) is 0.831. The van der Waals surface area contributed by atoms with Crippen LogP contribution in [0.15, 0.2) is 29.4 Å². The number of thioether (sulfide) groups is 1. The van der Waals surface area contributed by atoms with Crippen LogP contribution < -0.4 is 0 Å². The summed E-state index contributed by atoms with van der Waals surface area (Å²) < 4.78 is 1.93. The molecule has 0 saturated heterocycles. The third-order valence-electron chi connectivity index (χ3n) is 2.76. The van der Waals surface area contributed by atoms with Crippen molar-refractivity contribution in [3.05, 3.63) is 40.7 Å². The molecule has 0 amide bonds. The molecule has 0 bridgehead atoms. The van der Waals surface area contributed by atoms with Gasteiger partial charge in [-0.25, -0.2) is 0 Å². The van der Waals surface area contributed by atoms with Crippen LogP contribution in [0.2, 0.25) is 5.02 Å². The number of carbonyl (C=O) groups is 1. The van der Waals surface area contributed by atoms with E-state index in [-0.39, 0.29) is 5.75 Å². The van der Waals surface area contributed by atoms with E-state index in [1.807, 2.05) is 35.8 Å². The predicted octanol–water partition coefficient (Wildman–Crippen LogP) is 2.66. The normalized spacial score (nSPS) is 10.7. The Morgan fingerprint density at radius 3 is 2.70 bits per heavy atom. The van der Waals surface area contributed by atoms with Gasteiger partial charge in [0.1, 0.15) is 5.82 Å². The largest absolute Gasteiger partial charge is 0.481 e. The fourth-order valence-corrected chi connectivity index (χ4v) is 2.60. The highest BCUT2D eigenvalue weighted by atomic mass is 35.5. The van der Waals surface area contributed by atoms with Gasteiger partial charge in [0.15, 0.2) is 5.16 Å². The number of aromatic nitrogens is 3. The van der Waals surface area contributed by atoms with Gasteiger partial charge in [0.25, 0.3) is 0 Å². The maximum absolute atomic E-state index is 10.6. The fraction of sp³-hybridized carbons (Fsp3) is 0.308. The SMILES string of the molecule is Cc1nnc(SCC(=O)O)n1CCc1ccc(Cl)cc1. The lowest BCUT2D eigenvalue weighted by Gasteiger charge is -2.07. The smallest absolute Gasteiger partial charge is 0.313 e. The molecule has 0 aliphatic carbocycles. The first kappa shape index (κ1) is 14.9. The van der Waals surface area contributed by atoms with E-state index in [4.69, 9.17) is 16.7 Å². The predicted molar refractivity (Wildman–Crippen MR) is 78.3 cm³/mol. The van der Waals surface area contributed by atoms with Crippen molar-refractivity contribution in [1.29, 1.82) is 0 Å². The van der Waals surface area contributed by atoms with Gasteiger partial charge in [0.05, 0.1) is 5.75 Å². The van der Waals surface area contributed by atoms with Crippen LogP contribution in [-0.2, 0) is 17.8 Å². The molecule has 0 spiro atoms. The molecule has 106 valence electrons. The van der Waals surface area contributed by atoms with Crippen LogP contribution in [-0.4, -0.2) is 31.6 Å². The zero-order chi connectivity index (χ0) is 14.5. The summed E-state index contributed by atoms with van der Waals surface area (Å²) >= 11 is 7.03. The molecule has 0 radical (unpaired) electrons. The number of aryl methyl sites for hydroxylation is 2. The Hall–Kier alpha value is -1.53. The maximum Gasteiger partial charge on any atom is 0.313 e. The summed E-state index contributed by atoms with van der Waals surface area (Å²) in [5, 5.41) is 18.1. The van der Waals surface area contributed by atoms with Crippen LogP contribution >= 0.6 is 23.4 Å². The molecule has 0 aliphatic heterocycles. The van der Waals surface area contributed by atoms with Crippen molar-refractivity contribution in [2.45, 2.75) is 25.0 Å². The van der Waals surface area contributed by atoms with Crippen LogP contribution in [0.25, 0.3) is 0 Å². The van der Waals surface area contributed by atoms with Gasteiger partial charge < -0.3 is 9.67 Å². The zero-order valence-corrected chi connectivity index (χ0v) is 12.5. The Morgan fingerprint density at radius 1 is 1.35 bits per heavy atom. The molecule has 1 N–H and O–H groups in total. The highest BCUT2D eigenvalue weighted by Crippen LogP contribution is 2.18. The van der Waals surface area contributed by atoms with Gasteiger partial charge in [-0.15, -0.1) is 10.2 Å². The third kappa shape index (κ3) is 3.98. The Kier molecular flexibility index (Phi) is 5.03. The third-order valence-corrected chi connectivity index (χ3v) is 3.97. The van der Waals surface area contributed by atoms with E-state index < -0.39 is 5.97 Å². The standard InChI is InChI=1S/C13H14ClN3O2S/c1-9-15-16-13(20-8-12(18)19)17(9)7-6-10-2-4-11(14)5-3-10/h2-5H,6-8H2,1H3,(H,18,19). The van der Waals surface area contributed by atoms with E-state index in [0.717, 1.165) is 17.8 Å². The van der Waals surface area contributed by atoms with Crippen molar-refractivity contribution < 1.29 is 9.90 Å². The maximum atomic E-state index is 10.6. The molecule has 20 heavy (non-hydrogen) atoms. The lowest BCUT2D eigenvalue weighted by Crippen LogP contribution is -2.07. The van der Waals surface area contributed by atoms with Gasteiger partial charge >= 0.3 is 5.97 Å². The van der Waals surface area contributed by atoms with Crippen molar-refractivity contribution in [3.63, 3.8) is 0 Å². The number of benzene rings is 1. The van der Waals surface area contributed by atoms with Crippen molar-refractivity contribution in [1.82, 2.24) is 14.8 Å². The summed E-state index contributed by atoms with van der Waals surface area (Å²) in [5.41, 5.74) is 1.16. The fourth-order valence-electron chi connectivity index (χ4n) is 1.74. The van der Waals surface area contributed by atoms with Crippen molar-refractivity contribution in [3.8, 4) is 0 Å². The Bertz CT molecular complexity index is 598. The molecule has 1 aromatic carbocycles. The van der Waals surface area contributed by atoms with Crippen LogP contribution in [0.1, 0.15) is 11.4 Å². The molecule has 7 heteroatoms.